The first kappa shape index (κ1) is 9.69. The van der Waals surface area contributed by atoms with Crippen molar-refractivity contribution >= 4 is 0 Å². The molecule has 0 amide bonds. The molecule has 0 saturated heterocycles. The van der Waals surface area contributed by atoms with Crippen LogP contribution in [0, 0.1) is 6.92 Å². The van der Waals surface area contributed by atoms with Gasteiger partial charge in [0.2, 0.25) is 0 Å². The van der Waals surface area contributed by atoms with E-state index in [0.717, 1.165) is 19.7 Å². The van der Waals surface area contributed by atoms with Crippen molar-refractivity contribution in [2.45, 2.75) is 19.4 Å². The fourth-order valence-electron chi connectivity index (χ4n) is 2.10. The fourth-order valence-corrected chi connectivity index (χ4v) is 2.10. The molecule has 1 N–H and O–H groups in total. The molecule has 1 atom stereocenters. The predicted octanol–water partition coefficient (Wildman–Crippen LogP) is 1.83. The summed E-state index contributed by atoms with van der Waals surface area (Å²) in [5, 5.41) is 3.42. The summed E-state index contributed by atoms with van der Waals surface area (Å²) in [6.45, 7) is 4.98. The van der Waals surface area contributed by atoms with E-state index in [2.05, 4.69) is 30.4 Å². The van der Waals surface area contributed by atoms with Gasteiger partial charge >= 0.3 is 0 Å². The zero-order valence-corrected chi connectivity index (χ0v) is 8.84. The van der Waals surface area contributed by atoms with E-state index in [4.69, 9.17) is 4.74 Å². The van der Waals surface area contributed by atoms with E-state index in [9.17, 15) is 0 Å². The van der Waals surface area contributed by atoms with E-state index in [0.29, 0.717) is 5.92 Å². The number of aryl methyl sites for hydroxylation is 1. The minimum absolute atomic E-state index is 0.517. The lowest BCUT2D eigenvalue weighted by molar-refractivity contribution is 0.175. The Morgan fingerprint density at radius 3 is 3.14 bits per heavy atom. The van der Waals surface area contributed by atoms with Crippen LogP contribution in [0.5, 0.6) is 0 Å². The monoisotopic (exact) mass is 191 g/mol. The number of hydrogen-bond donors (Lipinski definition) is 1. The molecule has 2 rings (SSSR count). The molecular formula is C12H17NO. The van der Waals surface area contributed by atoms with Crippen LogP contribution in [0.2, 0.25) is 0 Å². The van der Waals surface area contributed by atoms with E-state index in [-0.39, 0.29) is 0 Å². The quantitative estimate of drug-likeness (QED) is 0.770. The molecule has 1 aromatic carbocycles. The van der Waals surface area contributed by atoms with Gasteiger partial charge in [0.15, 0.2) is 0 Å². The Labute approximate surface area is 85.3 Å². The van der Waals surface area contributed by atoms with Crippen LogP contribution in [0.25, 0.3) is 0 Å². The average molecular weight is 191 g/mol. The van der Waals surface area contributed by atoms with Crippen molar-refractivity contribution in [3.05, 3.63) is 34.9 Å². The molecule has 0 aliphatic carbocycles. The number of rotatable bonds is 2. The van der Waals surface area contributed by atoms with Crippen molar-refractivity contribution in [3.63, 3.8) is 0 Å². The van der Waals surface area contributed by atoms with Crippen LogP contribution in [0.1, 0.15) is 22.6 Å². The van der Waals surface area contributed by atoms with Gasteiger partial charge in [-0.1, -0.05) is 23.8 Å². The van der Waals surface area contributed by atoms with Crippen molar-refractivity contribution in [3.8, 4) is 0 Å². The van der Waals surface area contributed by atoms with Crippen LogP contribution in [-0.4, -0.2) is 20.3 Å². The third-order valence-electron chi connectivity index (χ3n) is 2.82. The summed E-state index contributed by atoms with van der Waals surface area (Å²) in [4.78, 5) is 0. The summed E-state index contributed by atoms with van der Waals surface area (Å²) in [5.41, 5.74) is 4.22. The highest BCUT2D eigenvalue weighted by molar-refractivity contribution is 5.36. The number of methoxy groups -OCH3 is 1. The standard InChI is InChI=1S/C12H17NO/c1-9-3-4-10-6-13-7-11(8-14-2)12(10)5-9/h3-5,11,13H,6-8H2,1-2H3. The number of fused-ring (bicyclic) bond motifs is 1. The molecule has 0 fully saturated rings. The smallest absolute Gasteiger partial charge is 0.0543 e. The Morgan fingerprint density at radius 2 is 2.36 bits per heavy atom. The normalized spacial score (nSPS) is 20.6. The minimum atomic E-state index is 0.517. The maximum absolute atomic E-state index is 5.24. The average Bonchev–Trinajstić information content (AvgIpc) is 2.19. The lowest BCUT2D eigenvalue weighted by Crippen LogP contribution is -2.30. The molecule has 76 valence electrons. The van der Waals surface area contributed by atoms with Gasteiger partial charge < -0.3 is 10.1 Å². The van der Waals surface area contributed by atoms with Crippen LogP contribution in [0.4, 0.5) is 0 Å². The highest BCUT2D eigenvalue weighted by Crippen LogP contribution is 2.25. The van der Waals surface area contributed by atoms with Crippen LogP contribution >= 0.6 is 0 Å². The molecule has 1 aliphatic rings. The largest absolute Gasteiger partial charge is 0.384 e. The van der Waals surface area contributed by atoms with Gasteiger partial charge in [0.1, 0.15) is 0 Å². The molecule has 1 aromatic rings. The molecular weight excluding hydrogens is 174 g/mol. The second kappa shape index (κ2) is 4.11. The van der Waals surface area contributed by atoms with Gasteiger partial charge in [0.25, 0.3) is 0 Å². The zero-order valence-electron chi connectivity index (χ0n) is 8.84. The molecule has 0 spiro atoms. The second-order valence-electron chi connectivity index (χ2n) is 3.99. The summed E-state index contributed by atoms with van der Waals surface area (Å²) in [7, 11) is 1.77. The highest BCUT2D eigenvalue weighted by Gasteiger charge is 2.19. The highest BCUT2D eigenvalue weighted by atomic mass is 16.5. The van der Waals surface area contributed by atoms with Gasteiger partial charge in [0, 0.05) is 26.1 Å². The van der Waals surface area contributed by atoms with Crippen LogP contribution in [0.3, 0.4) is 0 Å². The molecule has 1 unspecified atom stereocenters. The van der Waals surface area contributed by atoms with Crippen molar-refractivity contribution < 1.29 is 4.74 Å². The minimum Gasteiger partial charge on any atom is -0.384 e. The molecule has 14 heavy (non-hydrogen) atoms. The van der Waals surface area contributed by atoms with Gasteiger partial charge in [-0.15, -0.1) is 0 Å². The summed E-state index contributed by atoms with van der Waals surface area (Å²) in [6, 6.07) is 6.69. The van der Waals surface area contributed by atoms with E-state index < -0.39 is 0 Å². The third-order valence-corrected chi connectivity index (χ3v) is 2.82. The summed E-state index contributed by atoms with van der Waals surface area (Å²) >= 11 is 0. The summed E-state index contributed by atoms with van der Waals surface area (Å²) in [5.74, 6) is 0.517. The SMILES string of the molecule is COCC1CNCc2ccc(C)cc21. The maximum atomic E-state index is 5.24. The second-order valence-corrected chi connectivity index (χ2v) is 3.99. The van der Waals surface area contributed by atoms with Crippen molar-refractivity contribution in [1.29, 1.82) is 0 Å². The lowest BCUT2D eigenvalue weighted by atomic mass is 9.90. The van der Waals surface area contributed by atoms with E-state index in [1.54, 1.807) is 7.11 Å². The number of ether oxygens (including phenoxy) is 1. The van der Waals surface area contributed by atoms with Gasteiger partial charge in [0.05, 0.1) is 6.61 Å². The first-order chi connectivity index (χ1) is 6.81. The number of nitrogens with one attached hydrogen (secondary N) is 1. The van der Waals surface area contributed by atoms with Crippen LogP contribution < -0.4 is 5.32 Å². The molecule has 0 aromatic heterocycles. The molecule has 0 bridgehead atoms. The van der Waals surface area contributed by atoms with Crippen molar-refractivity contribution in [2.24, 2.45) is 0 Å². The molecule has 2 nitrogen and oxygen atoms in total. The molecule has 2 heteroatoms. The Hall–Kier alpha value is -0.860. The fraction of sp³-hybridized carbons (Fsp3) is 0.500. The summed E-state index contributed by atoms with van der Waals surface area (Å²) < 4.78 is 5.24. The van der Waals surface area contributed by atoms with E-state index >= 15 is 0 Å². The number of benzene rings is 1. The Morgan fingerprint density at radius 1 is 1.50 bits per heavy atom. The topological polar surface area (TPSA) is 21.3 Å². The molecule has 0 saturated carbocycles. The predicted molar refractivity (Wildman–Crippen MR) is 57.5 cm³/mol. The molecule has 1 aliphatic heterocycles. The van der Waals surface area contributed by atoms with Crippen LogP contribution in [-0.2, 0) is 11.3 Å². The zero-order chi connectivity index (χ0) is 9.97. The Kier molecular flexibility index (Phi) is 2.85. The van der Waals surface area contributed by atoms with Gasteiger partial charge in [-0.2, -0.15) is 0 Å². The van der Waals surface area contributed by atoms with Crippen molar-refractivity contribution in [2.75, 3.05) is 20.3 Å². The Balaban J connectivity index is 2.32. The first-order valence-corrected chi connectivity index (χ1v) is 5.10. The van der Waals surface area contributed by atoms with Crippen LogP contribution in [0.15, 0.2) is 18.2 Å². The van der Waals surface area contributed by atoms with Gasteiger partial charge in [-0.05, 0) is 18.1 Å². The van der Waals surface area contributed by atoms with E-state index in [1.165, 1.54) is 16.7 Å². The Bertz CT molecular complexity index is 322. The molecule has 0 radical (unpaired) electrons. The maximum Gasteiger partial charge on any atom is 0.0543 e. The lowest BCUT2D eigenvalue weighted by Gasteiger charge is -2.26. The number of hydrogen-bond acceptors (Lipinski definition) is 2. The van der Waals surface area contributed by atoms with Gasteiger partial charge in [-0.25, -0.2) is 0 Å². The van der Waals surface area contributed by atoms with Crippen molar-refractivity contribution in [1.82, 2.24) is 5.32 Å². The van der Waals surface area contributed by atoms with E-state index in [1.807, 2.05) is 0 Å². The third kappa shape index (κ3) is 1.81. The van der Waals surface area contributed by atoms with Gasteiger partial charge in [-0.3, -0.25) is 0 Å². The first-order valence-electron chi connectivity index (χ1n) is 5.10. The summed E-state index contributed by atoms with van der Waals surface area (Å²) in [6.07, 6.45) is 0. The molecule has 1 heterocycles.